The van der Waals surface area contributed by atoms with Gasteiger partial charge < -0.3 is 15.7 Å². The smallest absolute Gasteiger partial charge is 0.304 e. The van der Waals surface area contributed by atoms with Crippen LogP contribution in [0.4, 0.5) is 0 Å². The molecule has 0 radical (unpaired) electrons. The fourth-order valence-electron chi connectivity index (χ4n) is 0.657. The van der Waals surface area contributed by atoms with E-state index in [1.165, 1.54) is 0 Å². The maximum atomic E-state index is 10.8. The van der Waals surface area contributed by atoms with E-state index in [9.17, 15) is 9.59 Å². The van der Waals surface area contributed by atoms with Crippen molar-refractivity contribution in [2.45, 2.75) is 13.3 Å². The van der Waals surface area contributed by atoms with Crippen LogP contribution in [0.15, 0.2) is 0 Å². The van der Waals surface area contributed by atoms with Crippen molar-refractivity contribution in [3.8, 4) is 0 Å². The summed E-state index contributed by atoms with van der Waals surface area (Å²) in [5.74, 6) is -0.971. The lowest BCUT2D eigenvalue weighted by molar-refractivity contribution is -0.137. The zero-order valence-corrected chi connectivity index (χ0v) is 7.09. The van der Waals surface area contributed by atoms with Crippen molar-refractivity contribution in [1.29, 1.82) is 0 Å². The number of hydrogen-bond acceptors (Lipinski definition) is 3. The normalized spacial score (nSPS) is 9.42. The Kier molecular flexibility index (Phi) is 6.00. The Labute approximate surface area is 71.1 Å². The van der Waals surface area contributed by atoms with Crippen molar-refractivity contribution in [1.82, 2.24) is 10.6 Å². The summed E-state index contributed by atoms with van der Waals surface area (Å²) in [6.45, 7) is 2.93. The number of aliphatic carboxylic acids is 1. The molecule has 0 aromatic carbocycles. The molecule has 0 fully saturated rings. The molecular formula is C7H14N2O3. The average molecular weight is 174 g/mol. The van der Waals surface area contributed by atoms with Crippen molar-refractivity contribution in [2.75, 3.05) is 19.6 Å². The molecule has 0 aromatic heterocycles. The fourth-order valence-corrected chi connectivity index (χ4v) is 0.657. The molecule has 0 unspecified atom stereocenters. The van der Waals surface area contributed by atoms with Gasteiger partial charge in [-0.05, 0) is 6.92 Å². The van der Waals surface area contributed by atoms with E-state index in [2.05, 4.69) is 10.6 Å². The van der Waals surface area contributed by atoms with Crippen molar-refractivity contribution in [3.63, 3.8) is 0 Å². The van der Waals surface area contributed by atoms with Crippen molar-refractivity contribution >= 4 is 11.9 Å². The minimum absolute atomic E-state index is 0.0411. The van der Waals surface area contributed by atoms with Gasteiger partial charge in [0.15, 0.2) is 0 Å². The molecule has 0 aromatic rings. The Hall–Kier alpha value is -1.10. The summed E-state index contributed by atoms with van der Waals surface area (Å²) >= 11 is 0. The number of hydrogen-bond donors (Lipinski definition) is 3. The molecular weight excluding hydrogens is 160 g/mol. The van der Waals surface area contributed by atoms with Gasteiger partial charge in [-0.1, -0.05) is 0 Å². The predicted octanol–water partition coefficient (Wildman–Crippen LogP) is -0.813. The van der Waals surface area contributed by atoms with E-state index in [0.717, 1.165) is 0 Å². The predicted molar refractivity (Wildman–Crippen MR) is 43.8 cm³/mol. The number of carboxylic acid groups (broad SMARTS) is 1. The van der Waals surface area contributed by atoms with E-state index in [-0.39, 0.29) is 18.9 Å². The molecule has 0 atom stereocenters. The molecule has 0 saturated heterocycles. The molecule has 0 aliphatic carbocycles. The van der Waals surface area contributed by atoms with Crippen LogP contribution in [0.2, 0.25) is 0 Å². The highest BCUT2D eigenvalue weighted by molar-refractivity contribution is 5.77. The first-order valence-electron chi connectivity index (χ1n) is 3.86. The number of carbonyl (C=O) groups excluding carboxylic acids is 1. The van der Waals surface area contributed by atoms with Crippen LogP contribution < -0.4 is 10.6 Å². The van der Waals surface area contributed by atoms with Crippen LogP contribution in [0.5, 0.6) is 0 Å². The molecule has 0 heterocycles. The second-order valence-electron chi connectivity index (χ2n) is 2.27. The summed E-state index contributed by atoms with van der Waals surface area (Å²) in [7, 11) is 0. The number of carboxylic acids is 1. The average Bonchev–Trinajstić information content (AvgIpc) is 1.98. The highest BCUT2D eigenvalue weighted by Crippen LogP contribution is 1.74. The van der Waals surface area contributed by atoms with Crippen LogP contribution in [0.3, 0.4) is 0 Å². The molecule has 0 aliphatic rings. The molecule has 5 nitrogen and oxygen atoms in total. The quantitative estimate of drug-likeness (QED) is 0.460. The maximum Gasteiger partial charge on any atom is 0.304 e. The van der Waals surface area contributed by atoms with Crippen molar-refractivity contribution in [2.24, 2.45) is 0 Å². The van der Waals surface area contributed by atoms with Gasteiger partial charge in [0.25, 0.3) is 0 Å². The molecule has 1 amide bonds. The van der Waals surface area contributed by atoms with Crippen LogP contribution in [0, 0.1) is 0 Å². The molecule has 12 heavy (non-hydrogen) atoms. The van der Waals surface area contributed by atoms with Gasteiger partial charge in [0.05, 0.1) is 13.0 Å². The SMILES string of the molecule is CCNC(=O)CNCCC(=O)O. The summed E-state index contributed by atoms with van der Waals surface area (Å²) in [5, 5.41) is 13.5. The second kappa shape index (κ2) is 6.60. The first-order chi connectivity index (χ1) is 5.66. The summed E-state index contributed by atoms with van der Waals surface area (Å²) < 4.78 is 0. The highest BCUT2D eigenvalue weighted by Gasteiger charge is 1.99. The molecule has 0 saturated carbocycles. The first-order valence-corrected chi connectivity index (χ1v) is 3.86. The van der Waals surface area contributed by atoms with Gasteiger partial charge in [0.2, 0.25) is 5.91 Å². The van der Waals surface area contributed by atoms with Gasteiger partial charge in [0, 0.05) is 13.1 Å². The molecule has 5 heteroatoms. The number of carbonyl (C=O) groups is 2. The highest BCUT2D eigenvalue weighted by atomic mass is 16.4. The monoisotopic (exact) mass is 174 g/mol. The van der Waals surface area contributed by atoms with Crippen molar-refractivity contribution < 1.29 is 14.7 Å². The third-order valence-corrected chi connectivity index (χ3v) is 1.18. The second-order valence-corrected chi connectivity index (χ2v) is 2.27. The third kappa shape index (κ3) is 7.01. The Morgan fingerprint density at radius 3 is 2.58 bits per heavy atom. The Morgan fingerprint density at radius 2 is 2.08 bits per heavy atom. The fraction of sp³-hybridized carbons (Fsp3) is 0.714. The zero-order valence-electron chi connectivity index (χ0n) is 7.09. The summed E-state index contributed by atoms with van der Waals surface area (Å²) in [4.78, 5) is 20.8. The Morgan fingerprint density at radius 1 is 1.42 bits per heavy atom. The third-order valence-electron chi connectivity index (χ3n) is 1.18. The lowest BCUT2D eigenvalue weighted by Crippen LogP contribution is -2.34. The molecule has 0 bridgehead atoms. The number of likely N-dealkylation sites (N-methyl/N-ethyl adjacent to an activating group) is 1. The van der Waals surface area contributed by atoms with E-state index in [1.54, 1.807) is 0 Å². The largest absolute Gasteiger partial charge is 0.481 e. The van der Waals surface area contributed by atoms with Crippen LogP contribution in [0.1, 0.15) is 13.3 Å². The van der Waals surface area contributed by atoms with E-state index < -0.39 is 5.97 Å². The number of nitrogens with one attached hydrogen (secondary N) is 2. The van der Waals surface area contributed by atoms with Crippen LogP contribution in [-0.4, -0.2) is 36.6 Å². The van der Waals surface area contributed by atoms with Crippen molar-refractivity contribution in [3.05, 3.63) is 0 Å². The van der Waals surface area contributed by atoms with E-state index in [4.69, 9.17) is 5.11 Å². The summed E-state index contributed by atoms with van der Waals surface area (Å²) in [6, 6.07) is 0. The van der Waals surface area contributed by atoms with Gasteiger partial charge in [-0.25, -0.2) is 0 Å². The summed E-state index contributed by atoms with van der Waals surface area (Å²) in [5.41, 5.74) is 0. The number of amides is 1. The topological polar surface area (TPSA) is 78.4 Å². The molecule has 70 valence electrons. The minimum atomic E-state index is -0.863. The number of rotatable bonds is 6. The maximum absolute atomic E-state index is 10.8. The van der Waals surface area contributed by atoms with Gasteiger partial charge in [-0.15, -0.1) is 0 Å². The Bertz CT molecular complexity index is 159. The van der Waals surface area contributed by atoms with Crippen LogP contribution in [-0.2, 0) is 9.59 Å². The van der Waals surface area contributed by atoms with Crippen LogP contribution in [0.25, 0.3) is 0 Å². The van der Waals surface area contributed by atoms with Gasteiger partial charge in [-0.3, -0.25) is 9.59 Å². The lowest BCUT2D eigenvalue weighted by atomic mass is 10.4. The Balaban J connectivity index is 3.19. The molecule has 0 rings (SSSR count). The van der Waals surface area contributed by atoms with Crippen LogP contribution >= 0.6 is 0 Å². The van der Waals surface area contributed by atoms with E-state index in [1.807, 2.05) is 6.92 Å². The zero-order chi connectivity index (χ0) is 9.40. The first kappa shape index (κ1) is 10.9. The lowest BCUT2D eigenvalue weighted by Gasteiger charge is -2.02. The molecule has 0 aliphatic heterocycles. The minimum Gasteiger partial charge on any atom is -0.481 e. The van der Waals surface area contributed by atoms with Gasteiger partial charge in [-0.2, -0.15) is 0 Å². The summed E-state index contributed by atoms with van der Waals surface area (Å²) in [6.07, 6.45) is 0.0411. The van der Waals surface area contributed by atoms with Gasteiger partial charge >= 0.3 is 5.97 Å². The molecule has 0 spiro atoms. The van der Waals surface area contributed by atoms with E-state index >= 15 is 0 Å². The standard InChI is InChI=1S/C7H14N2O3/c1-2-9-6(10)5-8-4-3-7(11)12/h8H,2-5H2,1H3,(H,9,10)(H,11,12). The van der Waals surface area contributed by atoms with Gasteiger partial charge in [0.1, 0.15) is 0 Å². The van der Waals surface area contributed by atoms with E-state index in [0.29, 0.717) is 13.1 Å². The molecule has 3 N–H and O–H groups in total.